The number of benzene rings is 2. The highest BCUT2D eigenvalue weighted by Gasteiger charge is 2.24. The van der Waals surface area contributed by atoms with Crippen LogP contribution in [0.25, 0.3) is 0 Å². The largest absolute Gasteiger partial charge is 0.452 e. The molecule has 1 heterocycles. The van der Waals surface area contributed by atoms with E-state index in [2.05, 4.69) is 12.2 Å². The Kier molecular flexibility index (Phi) is 7.00. The number of thiophene rings is 1. The second-order valence-electron chi connectivity index (χ2n) is 7.58. The molecular weight excluding hydrogens is 450 g/mol. The number of hydrogen-bond donors (Lipinski definition) is 1. The quantitative estimate of drug-likeness (QED) is 0.418. The molecule has 0 saturated carbocycles. The van der Waals surface area contributed by atoms with E-state index in [9.17, 15) is 9.59 Å². The van der Waals surface area contributed by atoms with Crippen LogP contribution in [0.15, 0.2) is 63.7 Å². The Morgan fingerprint density at radius 3 is 2.77 bits per heavy atom. The van der Waals surface area contributed by atoms with Crippen LogP contribution >= 0.6 is 34.7 Å². The van der Waals surface area contributed by atoms with Gasteiger partial charge < -0.3 is 10.1 Å². The van der Waals surface area contributed by atoms with Crippen LogP contribution in [0.1, 0.15) is 34.1 Å². The number of carbonyl (C=O) groups is 2. The molecule has 0 unspecified atom stereocenters. The van der Waals surface area contributed by atoms with E-state index in [1.165, 1.54) is 16.6 Å². The number of anilines is 1. The van der Waals surface area contributed by atoms with Crippen LogP contribution in [-0.2, 0) is 22.4 Å². The van der Waals surface area contributed by atoms with Gasteiger partial charge in [0.05, 0.1) is 11.3 Å². The van der Waals surface area contributed by atoms with Gasteiger partial charge in [-0.05, 0) is 67.1 Å². The maximum absolute atomic E-state index is 12.5. The molecule has 0 radical (unpaired) electrons. The molecule has 0 fully saturated rings. The highest BCUT2D eigenvalue weighted by Crippen LogP contribution is 2.34. The molecule has 4 nitrogen and oxygen atoms in total. The monoisotopic (exact) mass is 471 g/mol. The molecule has 0 saturated heterocycles. The molecule has 1 atom stereocenters. The van der Waals surface area contributed by atoms with Crippen LogP contribution in [0.2, 0.25) is 5.02 Å². The third kappa shape index (κ3) is 5.50. The van der Waals surface area contributed by atoms with Crippen LogP contribution in [0.3, 0.4) is 0 Å². The van der Waals surface area contributed by atoms with Crippen LogP contribution in [0, 0.1) is 5.92 Å². The first-order valence-electron chi connectivity index (χ1n) is 10.1. The Bertz CT molecular complexity index is 1090. The summed E-state index contributed by atoms with van der Waals surface area (Å²) in [5.41, 5.74) is 2.38. The van der Waals surface area contributed by atoms with Crippen molar-refractivity contribution in [2.24, 2.45) is 5.92 Å². The Morgan fingerprint density at radius 2 is 1.97 bits per heavy atom. The van der Waals surface area contributed by atoms with E-state index in [0.29, 0.717) is 22.2 Å². The topological polar surface area (TPSA) is 55.4 Å². The Labute approximate surface area is 195 Å². The molecule has 7 heteroatoms. The lowest BCUT2D eigenvalue weighted by Gasteiger charge is -2.18. The predicted molar refractivity (Wildman–Crippen MR) is 126 cm³/mol. The van der Waals surface area contributed by atoms with Crippen LogP contribution in [-0.4, -0.2) is 18.5 Å². The number of para-hydroxylation sites is 1. The highest BCUT2D eigenvalue weighted by atomic mass is 35.5. The third-order valence-electron chi connectivity index (χ3n) is 5.16. The van der Waals surface area contributed by atoms with Crippen LogP contribution < -0.4 is 5.32 Å². The smallest absolute Gasteiger partial charge is 0.339 e. The Hall–Kier alpha value is -2.28. The zero-order valence-electron chi connectivity index (χ0n) is 17.0. The number of fused-ring (bicyclic) bond motifs is 1. The van der Waals surface area contributed by atoms with E-state index in [1.54, 1.807) is 11.3 Å². The number of amides is 1. The second-order valence-corrected chi connectivity index (χ2v) is 10.1. The average Bonchev–Trinajstić information content (AvgIpc) is 3.18. The molecule has 1 aliphatic carbocycles. The molecule has 0 spiro atoms. The molecule has 1 aliphatic rings. The summed E-state index contributed by atoms with van der Waals surface area (Å²) in [4.78, 5) is 28.2. The van der Waals surface area contributed by atoms with Gasteiger partial charge in [0, 0.05) is 25.1 Å². The van der Waals surface area contributed by atoms with Crippen molar-refractivity contribution in [1.82, 2.24) is 0 Å². The molecule has 3 aromatic rings. The van der Waals surface area contributed by atoms with E-state index in [0.717, 1.165) is 34.6 Å². The predicted octanol–water partition coefficient (Wildman–Crippen LogP) is 6.47. The lowest BCUT2D eigenvalue weighted by Crippen LogP contribution is -2.22. The highest BCUT2D eigenvalue weighted by molar-refractivity contribution is 7.99. The standard InChI is InChI=1S/C24H22ClNO3S2/c1-15-6-11-18-19(14-30-22(18)12-15)24(28)29-13-23(27)26-20-4-2-3-5-21(20)31-17-9-7-16(25)8-10-17/h2-5,7-10,14-15H,6,11-13H2,1H3,(H,26,27)/t15-/m0/s1. The summed E-state index contributed by atoms with van der Waals surface area (Å²) in [5.74, 6) is -0.145. The van der Waals surface area contributed by atoms with E-state index in [1.807, 2.05) is 53.9 Å². The number of rotatable bonds is 6. The molecule has 4 rings (SSSR count). The molecule has 2 aromatic carbocycles. The maximum atomic E-state index is 12.5. The average molecular weight is 472 g/mol. The van der Waals surface area contributed by atoms with Crippen molar-refractivity contribution >= 4 is 52.3 Å². The van der Waals surface area contributed by atoms with Crippen LogP contribution in [0.5, 0.6) is 0 Å². The summed E-state index contributed by atoms with van der Waals surface area (Å²) in [6.07, 6.45) is 2.98. The third-order valence-corrected chi connectivity index (χ3v) is 7.55. The first kappa shape index (κ1) is 21.9. The van der Waals surface area contributed by atoms with Gasteiger partial charge in [0.15, 0.2) is 6.61 Å². The normalized spacial score (nSPS) is 15.2. The van der Waals surface area contributed by atoms with Gasteiger partial charge in [-0.2, -0.15) is 0 Å². The van der Waals surface area contributed by atoms with Gasteiger partial charge in [-0.3, -0.25) is 4.79 Å². The van der Waals surface area contributed by atoms with Gasteiger partial charge in [-0.25, -0.2) is 4.79 Å². The summed E-state index contributed by atoms with van der Waals surface area (Å²) in [5, 5.41) is 5.39. The van der Waals surface area contributed by atoms with Crippen molar-refractivity contribution < 1.29 is 14.3 Å². The number of hydrogen-bond acceptors (Lipinski definition) is 5. The number of carbonyl (C=O) groups excluding carboxylic acids is 2. The molecule has 1 aromatic heterocycles. The fraction of sp³-hybridized carbons (Fsp3) is 0.250. The van der Waals surface area contributed by atoms with Crippen molar-refractivity contribution in [3.05, 3.63) is 74.9 Å². The first-order chi connectivity index (χ1) is 15.0. The molecule has 160 valence electrons. The minimum Gasteiger partial charge on any atom is -0.452 e. The summed E-state index contributed by atoms with van der Waals surface area (Å²) >= 11 is 9.09. The zero-order chi connectivity index (χ0) is 21.8. The van der Waals surface area contributed by atoms with Gasteiger partial charge >= 0.3 is 5.97 Å². The van der Waals surface area contributed by atoms with E-state index in [4.69, 9.17) is 16.3 Å². The van der Waals surface area contributed by atoms with Crippen molar-refractivity contribution in [2.45, 2.75) is 36.0 Å². The number of ether oxygens (including phenoxy) is 1. The van der Waals surface area contributed by atoms with E-state index in [-0.39, 0.29) is 12.5 Å². The van der Waals surface area contributed by atoms with E-state index >= 15 is 0 Å². The van der Waals surface area contributed by atoms with Gasteiger partial charge in [0.2, 0.25) is 0 Å². The molecular formula is C24H22ClNO3S2. The maximum Gasteiger partial charge on any atom is 0.339 e. The summed E-state index contributed by atoms with van der Waals surface area (Å²) < 4.78 is 5.32. The Balaban J connectivity index is 1.36. The van der Waals surface area contributed by atoms with Gasteiger partial charge in [0.25, 0.3) is 5.91 Å². The second kappa shape index (κ2) is 9.90. The van der Waals surface area contributed by atoms with Gasteiger partial charge in [0.1, 0.15) is 0 Å². The number of nitrogens with one attached hydrogen (secondary N) is 1. The Morgan fingerprint density at radius 1 is 1.19 bits per heavy atom. The van der Waals surface area contributed by atoms with Gasteiger partial charge in [-0.1, -0.05) is 42.4 Å². The van der Waals surface area contributed by atoms with Gasteiger partial charge in [-0.15, -0.1) is 11.3 Å². The van der Waals surface area contributed by atoms with Crippen molar-refractivity contribution in [3.8, 4) is 0 Å². The fourth-order valence-corrected chi connectivity index (χ4v) is 5.79. The summed E-state index contributed by atoms with van der Waals surface area (Å²) in [6, 6.07) is 15.0. The molecule has 1 amide bonds. The van der Waals surface area contributed by atoms with Crippen LogP contribution in [0.4, 0.5) is 5.69 Å². The minimum absolute atomic E-state index is 0.320. The molecule has 0 aliphatic heterocycles. The molecule has 0 bridgehead atoms. The fourth-order valence-electron chi connectivity index (χ4n) is 3.53. The molecule has 31 heavy (non-hydrogen) atoms. The van der Waals surface area contributed by atoms with Crippen molar-refractivity contribution in [1.29, 1.82) is 0 Å². The van der Waals surface area contributed by atoms with Crippen molar-refractivity contribution in [2.75, 3.05) is 11.9 Å². The first-order valence-corrected chi connectivity index (χ1v) is 12.2. The lowest BCUT2D eigenvalue weighted by atomic mass is 9.88. The zero-order valence-corrected chi connectivity index (χ0v) is 19.4. The minimum atomic E-state index is -0.425. The van der Waals surface area contributed by atoms with E-state index < -0.39 is 5.97 Å². The summed E-state index contributed by atoms with van der Waals surface area (Å²) in [6.45, 7) is 1.91. The van der Waals surface area contributed by atoms with Crippen molar-refractivity contribution in [3.63, 3.8) is 0 Å². The number of esters is 1. The molecule has 1 N–H and O–H groups in total. The SMILES string of the molecule is C[C@H]1CCc2c(C(=O)OCC(=O)Nc3ccccc3Sc3ccc(Cl)cc3)csc2C1. The lowest BCUT2D eigenvalue weighted by molar-refractivity contribution is -0.119. The summed E-state index contributed by atoms with van der Waals surface area (Å²) in [7, 11) is 0. The number of halogens is 1.